The highest BCUT2D eigenvalue weighted by atomic mass is 16.3. The van der Waals surface area contributed by atoms with Gasteiger partial charge in [0, 0.05) is 0 Å². The zero-order chi connectivity index (χ0) is 7.40. The minimum atomic E-state index is -0.208. The van der Waals surface area contributed by atoms with Crippen LogP contribution in [0.1, 0.15) is 0 Å². The van der Waals surface area contributed by atoms with Gasteiger partial charge >= 0.3 is 0 Å². The molecule has 0 heterocycles. The van der Waals surface area contributed by atoms with E-state index in [4.69, 9.17) is 10.4 Å². The van der Waals surface area contributed by atoms with Crippen molar-refractivity contribution in [2.75, 3.05) is 0 Å². The second-order valence-electron chi connectivity index (χ2n) is 1.99. The monoisotopic (exact) mass is 133 g/mol. The standard InChI is InChI=1S/C8H7NO/c9-6-7-2-1-3-8(10)5-4-7/h1-5,7,10H. The summed E-state index contributed by atoms with van der Waals surface area (Å²) in [5.74, 6) is -0.0186. The van der Waals surface area contributed by atoms with Gasteiger partial charge in [-0.15, -0.1) is 0 Å². The van der Waals surface area contributed by atoms with Crippen LogP contribution in [0.25, 0.3) is 0 Å². The lowest BCUT2D eigenvalue weighted by Crippen LogP contribution is -1.82. The molecular formula is C8H7NO. The number of hydrogen-bond acceptors (Lipinski definition) is 2. The molecule has 0 saturated carbocycles. The van der Waals surface area contributed by atoms with Crippen LogP contribution in [-0.4, -0.2) is 5.11 Å². The van der Waals surface area contributed by atoms with Gasteiger partial charge in [-0.25, -0.2) is 0 Å². The minimum absolute atomic E-state index is 0.189. The first-order valence-electron chi connectivity index (χ1n) is 2.98. The van der Waals surface area contributed by atoms with Crippen LogP contribution < -0.4 is 0 Å². The molecule has 0 saturated heterocycles. The summed E-state index contributed by atoms with van der Waals surface area (Å²) in [5.41, 5.74) is 0. The van der Waals surface area contributed by atoms with E-state index in [0.29, 0.717) is 0 Å². The van der Waals surface area contributed by atoms with E-state index in [-0.39, 0.29) is 11.7 Å². The Hall–Kier alpha value is -1.49. The Bertz CT molecular complexity index is 242. The van der Waals surface area contributed by atoms with E-state index < -0.39 is 0 Å². The molecule has 1 aliphatic rings. The SMILES string of the molecule is N#CC1C=CC=C(O)C=C1. The second-order valence-corrected chi connectivity index (χ2v) is 1.99. The van der Waals surface area contributed by atoms with Gasteiger partial charge in [0.1, 0.15) is 5.76 Å². The highest BCUT2D eigenvalue weighted by molar-refractivity contribution is 5.26. The van der Waals surface area contributed by atoms with Crippen molar-refractivity contribution in [3.8, 4) is 6.07 Å². The molecule has 1 atom stereocenters. The minimum Gasteiger partial charge on any atom is -0.508 e. The van der Waals surface area contributed by atoms with Gasteiger partial charge in [0.2, 0.25) is 0 Å². The molecule has 1 rings (SSSR count). The summed E-state index contributed by atoms with van der Waals surface area (Å²) in [6, 6.07) is 2.05. The van der Waals surface area contributed by atoms with Crippen LogP contribution in [-0.2, 0) is 0 Å². The number of aliphatic hydroxyl groups excluding tert-OH is 1. The maximum Gasteiger partial charge on any atom is 0.115 e. The van der Waals surface area contributed by atoms with E-state index in [1.165, 1.54) is 6.08 Å². The summed E-state index contributed by atoms with van der Waals surface area (Å²) in [7, 11) is 0. The van der Waals surface area contributed by atoms with Crippen LogP contribution in [0, 0.1) is 17.2 Å². The van der Waals surface area contributed by atoms with Crippen molar-refractivity contribution in [2.45, 2.75) is 0 Å². The Labute approximate surface area is 59.4 Å². The maximum atomic E-state index is 8.92. The number of rotatable bonds is 0. The number of nitrogens with zero attached hydrogens (tertiary/aromatic N) is 1. The Morgan fingerprint density at radius 1 is 1.50 bits per heavy atom. The average molecular weight is 133 g/mol. The largest absolute Gasteiger partial charge is 0.508 e. The van der Waals surface area contributed by atoms with Crippen molar-refractivity contribution in [1.82, 2.24) is 0 Å². The molecule has 0 spiro atoms. The molecule has 10 heavy (non-hydrogen) atoms. The summed E-state index contributed by atoms with van der Waals surface area (Å²) < 4.78 is 0. The number of nitriles is 1. The van der Waals surface area contributed by atoms with E-state index in [0.717, 1.165) is 0 Å². The fraction of sp³-hybridized carbons (Fsp3) is 0.125. The average Bonchev–Trinajstić information content (AvgIpc) is 2.14. The van der Waals surface area contributed by atoms with Crippen LogP contribution in [0.2, 0.25) is 0 Å². The highest BCUT2D eigenvalue weighted by Crippen LogP contribution is 2.06. The lowest BCUT2D eigenvalue weighted by molar-refractivity contribution is 0.432. The van der Waals surface area contributed by atoms with E-state index in [1.54, 1.807) is 24.3 Å². The third kappa shape index (κ3) is 1.49. The quantitative estimate of drug-likeness (QED) is 0.546. The summed E-state index contributed by atoms with van der Waals surface area (Å²) in [6.07, 6.45) is 8.11. The van der Waals surface area contributed by atoms with Gasteiger partial charge in [0.25, 0.3) is 0 Å². The molecule has 0 radical (unpaired) electrons. The Morgan fingerprint density at radius 3 is 3.00 bits per heavy atom. The first-order valence-corrected chi connectivity index (χ1v) is 2.98. The molecule has 2 heteroatoms. The lowest BCUT2D eigenvalue weighted by Gasteiger charge is -1.88. The third-order valence-electron chi connectivity index (χ3n) is 1.21. The van der Waals surface area contributed by atoms with Crippen LogP contribution in [0.15, 0.2) is 36.1 Å². The topological polar surface area (TPSA) is 44.0 Å². The molecule has 0 aromatic heterocycles. The third-order valence-corrected chi connectivity index (χ3v) is 1.21. The summed E-state index contributed by atoms with van der Waals surface area (Å²) in [5, 5.41) is 17.4. The van der Waals surface area contributed by atoms with Crippen molar-refractivity contribution in [1.29, 1.82) is 5.26 Å². The first kappa shape index (κ1) is 6.63. The van der Waals surface area contributed by atoms with Crippen molar-refractivity contribution in [3.05, 3.63) is 36.1 Å². The van der Waals surface area contributed by atoms with Gasteiger partial charge in [0.05, 0.1) is 12.0 Å². The molecule has 0 aromatic carbocycles. The van der Waals surface area contributed by atoms with Crippen LogP contribution in [0.3, 0.4) is 0 Å². The molecule has 0 aliphatic heterocycles. The Balaban J connectivity index is 2.80. The molecule has 0 bridgehead atoms. The maximum absolute atomic E-state index is 8.92. The Kier molecular flexibility index (Phi) is 1.91. The van der Waals surface area contributed by atoms with Crippen molar-refractivity contribution in [2.24, 2.45) is 5.92 Å². The van der Waals surface area contributed by atoms with E-state index in [1.807, 2.05) is 6.07 Å². The molecule has 0 fully saturated rings. The van der Waals surface area contributed by atoms with Gasteiger partial charge in [-0.1, -0.05) is 18.2 Å². The van der Waals surface area contributed by atoms with Crippen LogP contribution >= 0.6 is 0 Å². The molecular weight excluding hydrogens is 126 g/mol. The van der Waals surface area contributed by atoms with Crippen molar-refractivity contribution < 1.29 is 5.11 Å². The Morgan fingerprint density at radius 2 is 2.30 bits per heavy atom. The molecule has 0 amide bonds. The fourth-order valence-electron chi connectivity index (χ4n) is 0.682. The fourth-order valence-corrected chi connectivity index (χ4v) is 0.682. The normalized spacial score (nSPS) is 23.1. The van der Waals surface area contributed by atoms with Gasteiger partial charge < -0.3 is 5.11 Å². The van der Waals surface area contributed by atoms with Gasteiger partial charge in [-0.2, -0.15) is 5.26 Å². The predicted molar refractivity (Wildman–Crippen MR) is 38.1 cm³/mol. The number of hydrogen-bond donors (Lipinski definition) is 1. The molecule has 2 nitrogen and oxygen atoms in total. The van der Waals surface area contributed by atoms with Crippen molar-refractivity contribution >= 4 is 0 Å². The zero-order valence-corrected chi connectivity index (χ0v) is 5.36. The number of aliphatic hydroxyl groups is 1. The van der Waals surface area contributed by atoms with Gasteiger partial charge in [0.15, 0.2) is 0 Å². The van der Waals surface area contributed by atoms with Gasteiger partial charge in [-0.05, 0) is 12.2 Å². The van der Waals surface area contributed by atoms with Crippen LogP contribution in [0.5, 0.6) is 0 Å². The summed E-state index contributed by atoms with van der Waals surface area (Å²) in [4.78, 5) is 0. The molecule has 50 valence electrons. The lowest BCUT2D eigenvalue weighted by atomic mass is 10.1. The molecule has 1 aliphatic carbocycles. The second kappa shape index (κ2) is 2.88. The molecule has 1 N–H and O–H groups in total. The molecule has 1 unspecified atom stereocenters. The highest BCUT2D eigenvalue weighted by Gasteiger charge is 1.98. The van der Waals surface area contributed by atoms with Gasteiger partial charge in [-0.3, -0.25) is 0 Å². The molecule has 0 aromatic rings. The van der Waals surface area contributed by atoms with E-state index in [9.17, 15) is 0 Å². The van der Waals surface area contributed by atoms with Crippen molar-refractivity contribution in [3.63, 3.8) is 0 Å². The smallest absolute Gasteiger partial charge is 0.115 e. The van der Waals surface area contributed by atoms with E-state index in [2.05, 4.69) is 0 Å². The number of allylic oxidation sites excluding steroid dienone is 5. The predicted octanol–water partition coefficient (Wildman–Crippen LogP) is 1.69. The summed E-state index contributed by atoms with van der Waals surface area (Å²) >= 11 is 0. The first-order chi connectivity index (χ1) is 4.83. The zero-order valence-electron chi connectivity index (χ0n) is 5.36. The van der Waals surface area contributed by atoms with Crippen LogP contribution in [0.4, 0.5) is 0 Å². The van der Waals surface area contributed by atoms with E-state index >= 15 is 0 Å². The summed E-state index contributed by atoms with van der Waals surface area (Å²) in [6.45, 7) is 0.